The predicted octanol–water partition coefficient (Wildman–Crippen LogP) is 9.06. The lowest BCUT2D eigenvalue weighted by Crippen LogP contribution is -2.23. The zero-order valence-electron chi connectivity index (χ0n) is 20.9. The van der Waals surface area contributed by atoms with Gasteiger partial charge in [0.2, 0.25) is 0 Å². The van der Waals surface area contributed by atoms with Gasteiger partial charge in [-0.15, -0.1) is 0 Å². The Balaban J connectivity index is 2.01. The molecular weight excluding hydrogens is 380 g/mol. The Morgan fingerprint density at radius 1 is 0.742 bits per heavy atom. The lowest BCUT2D eigenvalue weighted by Gasteiger charge is -2.21. The molecule has 0 aliphatic rings. The first-order valence-electron chi connectivity index (χ1n) is 13.4. The molecule has 0 bridgehead atoms. The van der Waals surface area contributed by atoms with Crippen LogP contribution in [0.4, 0.5) is 0 Å². The molecule has 0 amide bonds. The molecule has 0 fully saturated rings. The molecule has 1 aromatic rings. The van der Waals surface area contributed by atoms with Crippen LogP contribution in [0.1, 0.15) is 129 Å². The lowest BCUT2D eigenvalue weighted by molar-refractivity contribution is -0.151. The van der Waals surface area contributed by atoms with Crippen molar-refractivity contribution in [3.8, 4) is 0 Å². The molecule has 2 nitrogen and oxygen atoms in total. The normalized spacial score (nSPS) is 12.3. The van der Waals surface area contributed by atoms with Crippen molar-refractivity contribution in [2.45, 2.75) is 136 Å². The third-order valence-electron chi connectivity index (χ3n) is 6.31. The fourth-order valence-electron chi connectivity index (χ4n) is 4.19. The molecule has 0 radical (unpaired) electrons. The van der Waals surface area contributed by atoms with Gasteiger partial charge in [-0.05, 0) is 43.6 Å². The summed E-state index contributed by atoms with van der Waals surface area (Å²) in [5.74, 6) is 0.426. The maximum absolute atomic E-state index is 12.3. The van der Waals surface area contributed by atoms with Crippen molar-refractivity contribution in [2.75, 3.05) is 0 Å². The van der Waals surface area contributed by atoms with E-state index in [2.05, 4.69) is 51.1 Å². The molecule has 1 atom stereocenters. The van der Waals surface area contributed by atoms with Gasteiger partial charge in [0.1, 0.15) is 6.10 Å². The number of aryl methyl sites for hydroxylation is 1. The van der Waals surface area contributed by atoms with E-state index in [1.165, 1.54) is 82.6 Å². The second kappa shape index (κ2) is 19.4. The van der Waals surface area contributed by atoms with Crippen LogP contribution in [-0.4, -0.2) is 12.1 Å². The van der Waals surface area contributed by atoms with Crippen LogP contribution in [-0.2, 0) is 16.0 Å². The topological polar surface area (TPSA) is 26.3 Å². The minimum Gasteiger partial charge on any atom is -0.462 e. The van der Waals surface area contributed by atoms with Crippen molar-refractivity contribution in [1.82, 2.24) is 0 Å². The summed E-state index contributed by atoms with van der Waals surface area (Å²) in [6.07, 6.45) is 20.7. The van der Waals surface area contributed by atoms with Crippen LogP contribution >= 0.6 is 0 Å². The molecule has 31 heavy (non-hydrogen) atoms. The number of ether oxygens (including phenoxy) is 1. The highest BCUT2D eigenvalue weighted by molar-refractivity contribution is 5.69. The molecule has 0 aromatic heterocycles. The first kappa shape index (κ1) is 27.7. The zero-order valence-corrected chi connectivity index (χ0v) is 20.9. The highest BCUT2D eigenvalue weighted by atomic mass is 16.5. The van der Waals surface area contributed by atoms with Crippen LogP contribution in [0.5, 0.6) is 0 Å². The molecular formula is C29H50O2. The van der Waals surface area contributed by atoms with E-state index in [4.69, 9.17) is 4.74 Å². The van der Waals surface area contributed by atoms with E-state index in [-0.39, 0.29) is 12.1 Å². The van der Waals surface area contributed by atoms with Crippen LogP contribution in [0.3, 0.4) is 0 Å². The van der Waals surface area contributed by atoms with Gasteiger partial charge in [0.25, 0.3) is 0 Å². The predicted molar refractivity (Wildman–Crippen MR) is 134 cm³/mol. The monoisotopic (exact) mass is 430 g/mol. The molecule has 178 valence electrons. The van der Waals surface area contributed by atoms with Gasteiger partial charge in [-0.1, -0.05) is 122 Å². The Hall–Kier alpha value is -1.31. The Morgan fingerprint density at radius 2 is 1.29 bits per heavy atom. The lowest BCUT2D eigenvalue weighted by atomic mass is 9.99. The summed E-state index contributed by atoms with van der Waals surface area (Å²) < 4.78 is 5.83. The number of hydrogen-bond acceptors (Lipinski definition) is 2. The Morgan fingerprint density at radius 3 is 1.90 bits per heavy atom. The quantitative estimate of drug-likeness (QED) is 0.152. The average molecular weight is 431 g/mol. The highest BCUT2D eigenvalue weighted by Crippen LogP contribution is 2.18. The maximum atomic E-state index is 12.3. The first-order valence-corrected chi connectivity index (χ1v) is 13.4. The van der Waals surface area contributed by atoms with Crippen molar-refractivity contribution >= 4 is 5.97 Å². The first-order chi connectivity index (χ1) is 15.1. The van der Waals surface area contributed by atoms with Crippen molar-refractivity contribution < 1.29 is 9.53 Å². The third kappa shape index (κ3) is 16.0. The minimum absolute atomic E-state index is 0.0129. The van der Waals surface area contributed by atoms with Gasteiger partial charge < -0.3 is 4.74 Å². The second-order valence-corrected chi connectivity index (χ2v) is 9.64. The molecule has 0 saturated heterocycles. The SMILES string of the molecule is CCCCCCCCCCCC(OC(=O)CCCCCCCc1ccccc1)C(C)C. The number of hydrogen-bond donors (Lipinski definition) is 0. The van der Waals surface area contributed by atoms with Gasteiger partial charge in [-0.25, -0.2) is 0 Å². The smallest absolute Gasteiger partial charge is 0.306 e. The summed E-state index contributed by atoms with van der Waals surface area (Å²) in [7, 11) is 0. The largest absolute Gasteiger partial charge is 0.462 e. The summed E-state index contributed by atoms with van der Waals surface area (Å²) in [4.78, 5) is 12.3. The van der Waals surface area contributed by atoms with Crippen LogP contribution < -0.4 is 0 Å². The summed E-state index contributed by atoms with van der Waals surface area (Å²) in [6.45, 7) is 6.63. The van der Waals surface area contributed by atoms with Crippen LogP contribution in [0.2, 0.25) is 0 Å². The van der Waals surface area contributed by atoms with E-state index in [1.54, 1.807) is 0 Å². The summed E-state index contributed by atoms with van der Waals surface area (Å²) in [5.41, 5.74) is 1.43. The van der Waals surface area contributed by atoms with E-state index in [1.807, 2.05) is 0 Å². The Labute approximate surface area is 193 Å². The highest BCUT2D eigenvalue weighted by Gasteiger charge is 2.17. The number of benzene rings is 1. The summed E-state index contributed by atoms with van der Waals surface area (Å²) in [6, 6.07) is 10.7. The van der Waals surface area contributed by atoms with Gasteiger partial charge in [0.15, 0.2) is 0 Å². The van der Waals surface area contributed by atoms with E-state index in [9.17, 15) is 4.79 Å². The number of carbonyl (C=O) groups is 1. The fraction of sp³-hybridized carbons (Fsp3) is 0.759. The number of esters is 1. The van der Waals surface area contributed by atoms with Crippen LogP contribution in [0.25, 0.3) is 0 Å². The number of carbonyl (C=O) groups excluding carboxylic acids is 1. The van der Waals surface area contributed by atoms with Crippen molar-refractivity contribution in [2.24, 2.45) is 5.92 Å². The molecule has 1 rings (SSSR count). The fourth-order valence-corrected chi connectivity index (χ4v) is 4.19. The molecule has 0 aliphatic carbocycles. The molecule has 0 N–H and O–H groups in total. The van der Waals surface area contributed by atoms with Gasteiger partial charge in [0.05, 0.1) is 0 Å². The van der Waals surface area contributed by atoms with Crippen molar-refractivity contribution in [3.05, 3.63) is 35.9 Å². The molecule has 0 spiro atoms. The maximum Gasteiger partial charge on any atom is 0.306 e. The van der Waals surface area contributed by atoms with Gasteiger partial charge in [-0.2, -0.15) is 0 Å². The van der Waals surface area contributed by atoms with E-state index < -0.39 is 0 Å². The summed E-state index contributed by atoms with van der Waals surface area (Å²) >= 11 is 0. The van der Waals surface area contributed by atoms with Crippen LogP contribution in [0, 0.1) is 5.92 Å². The van der Waals surface area contributed by atoms with Gasteiger partial charge in [-0.3, -0.25) is 4.79 Å². The van der Waals surface area contributed by atoms with E-state index in [0.29, 0.717) is 12.3 Å². The van der Waals surface area contributed by atoms with Crippen molar-refractivity contribution in [3.63, 3.8) is 0 Å². The van der Waals surface area contributed by atoms with Gasteiger partial charge >= 0.3 is 5.97 Å². The number of rotatable bonds is 20. The second-order valence-electron chi connectivity index (χ2n) is 9.64. The zero-order chi connectivity index (χ0) is 22.6. The van der Waals surface area contributed by atoms with E-state index >= 15 is 0 Å². The number of unbranched alkanes of at least 4 members (excludes halogenated alkanes) is 12. The van der Waals surface area contributed by atoms with Crippen LogP contribution in [0.15, 0.2) is 30.3 Å². The van der Waals surface area contributed by atoms with E-state index in [0.717, 1.165) is 25.7 Å². The minimum atomic E-state index is 0.0129. The van der Waals surface area contributed by atoms with Crippen molar-refractivity contribution in [1.29, 1.82) is 0 Å². The average Bonchev–Trinajstić information content (AvgIpc) is 2.77. The Kier molecular flexibility index (Phi) is 17.3. The third-order valence-corrected chi connectivity index (χ3v) is 6.31. The Bertz CT molecular complexity index is 523. The molecule has 1 unspecified atom stereocenters. The van der Waals surface area contributed by atoms with Gasteiger partial charge in [0, 0.05) is 6.42 Å². The molecule has 0 aliphatic heterocycles. The standard InChI is InChI=1S/C29H50O2/c1-4-5-6-7-8-9-10-13-19-24-28(26(2)3)31-29(30)25-20-14-11-12-16-21-27-22-17-15-18-23-27/h15,17-18,22-23,26,28H,4-14,16,19-21,24-25H2,1-3H3. The molecule has 1 aromatic carbocycles. The molecule has 0 saturated carbocycles. The summed E-state index contributed by atoms with van der Waals surface area (Å²) in [5, 5.41) is 0. The molecule has 0 heterocycles. The molecule has 2 heteroatoms.